The molecule has 0 aliphatic carbocycles. The summed E-state index contributed by atoms with van der Waals surface area (Å²) >= 11 is 2.98. The van der Waals surface area contributed by atoms with Crippen molar-refractivity contribution < 1.29 is 17.9 Å². The molecule has 9 heteroatoms. The highest BCUT2D eigenvalue weighted by molar-refractivity contribution is 9.10. The Labute approximate surface area is 153 Å². The molecule has 0 aliphatic rings. The molecule has 0 bridgehead atoms. The lowest BCUT2D eigenvalue weighted by Gasteiger charge is -2.11. The van der Waals surface area contributed by atoms with Gasteiger partial charge in [-0.25, -0.2) is 13.8 Å². The van der Waals surface area contributed by atoms with Gasteiger partial charge < -0.3 is 4.74 Å². The Kier molecular flexibility index (Phi) is 4.95. The summed E-state index contributed by atoms with van der Waals surface area (Å²) in [6, 6.07) is 6.67. The van der Waals surface area contributed by atoms with E-state index in [1.54, 1.807) is 6.07 Å². The minimum absolute atomic E-state index is 0.00213. The van der Waals surface area contributed by atoms with Crippen LogP contribution in [0.3, 0.4) is 0 Å². The van der Waals surface area contributed by atoms with Crippen LogP contribution in [0, 0.1) is 23.0 Å². The van der Waals surface area contributed by atoms with Gasteiger partial charge in [0.2, 0.25) is 5.82 Å². The number of aromatic nitrogens is 2. The molecule has 0 unspecified atom stereocenters. The van der Waals surface area contributed by atoms with Crippen LogP contribution in [0.2, 0.25) is 0 Å². The van der Waals surface area contributed by atoms with Crippen molar-refractivity contribution >= 4 is 26.8 Å². The highest BCUT2D eigenvalue weighted by Crippen LogP contribution is 2.35. The maximum atomic E-state index is 14.1. The fraction of sp³-hybridized carbons (Fsp3) is 0.118. The first kappa shape index (κ1) is 17.9. The van der Waals surface area contributed by atoms with E-state index in [1.807, 2.05) is 0 Å². The molecule has 0 aliphatic heterocycles. The molecule has 1 aromatic heterocycles. The normalized spacial score (nSPS) is 10.7. The van der Waals surface area contributed by atoms with E-state index in [9.17, 15) is 18.0 Å². The molecule has 0 amide bonds. The molecule has 0 spiro atoms. The maximum absolute atomic E-state index is 14.1. The maximum Gasteiger partial charge on any atom is 0.261 e. The van der Waals surface area contributed by atoms with Crippen molar-refractivity contribution in [1.29, 1.82) is 5.26 Å². The van der Waals surface area contributed by atoms with Gasteiger partial charge in [0.15, 0.2) is 11.6 Å². The number of nitriles is 1. The fourth-order valence-corrected chi connectivity index (χ4v) is 2.81. The zero-order valence-electron chi connectivity index (χ0n) is 13.0. The Balaban J connectivity index is 2.12. The number of ether oxygens (including phenoxy) is 1. The topological polar surface area (TPSA) is 67.9 Å². The van der Waals surface area contributed by atoms with Crippen LogP contribution in [0.1, 0.15) is 5.56 Å². The average molecular weight is 424 g/mol. The highest BCUT2D eigenvalue weighted by atomic mass is 79.9. The molecule has 132 valence electrons. The number of hydrogen-bond donors (Lipinski definition) is 0. The monoisotopic (exact) mass is 423 g/mol. The van der Waals surface area contributed by atoms with E-state index in [1.165, 1.54) is 24.5 Å². The van der Waals surface area contributed by atoms with E-state index < -0.39 is 29.6 Å². The van der Waals surface area contributed by atoms with Gasteiger partial charge in [0.05, 0.1) is 23.8 Å². The summed E-state index contributed by atoms with van der Waals surface area (Å²) < 4.78 is 46.7. The lowest BCUT2D eigenvalue weighted by molar-refractivity contribution is 0.414. The second kappa shape index (κ2) is 7.17. The van der Waals surface area contributed by atoms with Gasteiger partial charge in [-0.2, -0.15) is 9.65 Å². The third-order valence-electron chi connectivity index (χ3n) is 3.58. The number of alkyl halides is 1. The number of fused-ring (bicyclic) bond motifs is 1. The molecule has 0 atom stereocenters. The van der Waals surface area contributed by atoms with Gasteiger partial charge in [-0.3, -0.25) is 9.36 Å². The molecule has 0 saturated carbocycles. The molecule has 0 radical (unpaired) electrons. The van der Waals surface area contributed by atoms with Crippen molar-refractivity contribution in [1.82, 2.24) is 9.55 Å². The molecule has 5 nitrogen and oxygen atoms in total. The van der Waals surface area contributed by atoms with Crippen LogP contribution < -0.4 is 10.3 Å². The Morgan fingerprint density at radius 1 is 1.31 bits per heavy atom. The average Bonchev–Trinajstić information content (AvgIpc) is 2.62. The summed E-state index contributed by atoms with van der Waals surface area (Å²) in [7, 11) is 0. The van der Waals surface area contributed by atoms with Crippen LogP contribution in [0.5, 0.6) is 11.5 Å². The first-order chi connectivity index (χ1) is 12.5. The fourth-order valence-electron chi connectivity index (χ4n) is 2.34. The van der Waals surface area contributed by atoms with E-state index in [-0.39, 0.29) is 27.7 Å². The van der Waals surface area contributed by atoms with E-state index in [0.717, 1.165) is 10.6 Å². The Bertz CT molecular complexity index is 1110. The second-order valence-corrected chi connectivity index (χ2v) is 6.04. The van der Waals surface area contributed by atoms with Crippen molar-refractivity contribution in [2.24, 2.45) is 0 Å². The molecular weight excluding hydrogens is 415 g/mol. The standard InChI is InChI=1S/C17H9BrF3N3O2/c18-12-6-13(20)15(21)16(11(12)7-22)26-9-1-2-14-10(5-9)17(25)24(4-3-19)8-23-14/h1-2,5-6,8H,3-4H2. The van der Waals surface area contributed by atoms with E-state index >= 15 is 0 Å². The summed E-state index contributed by atoms with van der Waals surface area (Å²) in [5.41, 5.74) is -0.400. The van der Waals surface area contributed by atoms with Gasteiger partial charge in [0, 0.05) is 4.47 Å². The summed E-state index contributed by atoms with van der Waals surface area (Å²) in [6.07, 6.45) is 1.22. The van der Waals surface area contributed by atoms with Gasteiger partial charge >= 0.3 is 0 Å². The third-order valence-corrected chi connectivity index (χ3v) is 4.21. The van der Waals surface area contributed by atoms with Crippen molar-refractivity contribution in [2.75, 3.05) is 6.67 Å². The van der Waals surface area contributed by atoms with Gasteiger partial charge in [-0.15, -0.1) is 0 Å². The molecule has 26 heavy (non-hydrogen) atoms. The van der Waals surface area contributed by atoms with Gasteiger partial charge in [-0.1, -0.05) is 0 Å². The van der Waals surface area contributed by atoms with Crippen molar-refractivity contribution in [3.8, 4) is 17.6 Å². The van der Waals surface area contributed by atoms with Crippen LogP contribution >= 0.6 is 15.9 Å². The first-order valence-corrected chi connectivity index (χ1v) is 8.06. The summed E-state index contributed by atoms with van der Waals surface area (Å²) in [5.74, 6) is -3.13. The number of rotatable bonds is 4. The highest BCUT2D eigenvalue weighted by Gasteiger charge is 2.20. The van der Waals surface area contributed by atoms with Crippen LogP contribution in [0.25, 0.3) is 10.9 Å². The predicted molar refractivity (Wildman–Crippen MR) is 90.8 cm³/mol. The van der Waals surface area contributed by atoms with Crippen molar-refractivity contribution in [2.45, 2.75) is 6.54 Å². The van der Waals surface area contributed by atoms with Gasteiger partial charge in [0.25, 0.3) is 5.56 Å². The lowest BCUT2D eigenvalue weighted by atomic mass is 10.2. The first-order valence-electron chi connectivity index (χ1n) is 7.27. The minimum Gasteiger partial charge on any atom is -0.453 e. The largest absolute Gasteiger partial charge is 0.453 e. The summed E-state index contributed by atoms with van der Waals surface area (Å²) in [4.78, 5) is 16.4. The van der Waals surface area contributed by atoms with Crippen LogP contribution in [-0.2, 0) is 6.54 Å². The minimum atomic E-state index is -1.33. The van der Waals surface area contributed by atoms with Gasteiger partial charge in [-0.05, 0) is 40.2 Å². The number of benzene rings is 2. The molecular formula is C17H9BrF3N3O2. The number of halogens is 4. The second-order valence-electron chi connectivity index (χ2n) is 5.18. The molecule has 0 N–H and O–H groups in total. The van der Waals surface area contributed by atoms with E-state index in [4.69, 9.17) is 10.00 Å². The third kappa shape index (κ3) is 3.15. The Morgan fingerprint density at radius 3 is 2.77 bits per heavy atom. The molecule has 0 fully saturated rings. The van der Waals surface area contributed by atoms with Crippen LogP contribution in [0.15, 0.2) is 39.9 Å². The molecule has 3 rings (SSSR count). The molecule has 1 heterocycles. The summed E-state index contributed by atoms with van der Waals surface area (Å²) in [6.45, 7) is -0.895. The molecule has 2 aromatic carbocycles. The SMILES string of the molecule is N#Cc1c(Br)cc(F)c(F)c1Oc1ccc2ncn(CCF)c(=O)c2c1. The van der Waals surface area contributed by atoms with Crippen molar-refractivity contribution in [3.05, 3.63) is 62.6 Å². The van der Waals surface area contributed by atoms with Crippen molar-refractivity contribution in [3.63, 3.8) is 0 Å². The predicted octanol–water partition coefficient (Wildman–Crippen LogP) is 4.07. The number of nitrogens with zero attached hydrogens (tertiary/aromatic N) is 3. The van der Waals surface area contributed by atoms with E-state index in [0.29, 0.717) is 5.52 Å². The quantitative estimate of drug-likeness (QED) is 0.593. The molecule has 3 aromatic rings. The van der Waals surface area contributed by atoms with Crippen LogP contribution in [-0.4, -0.2) is 16.2 Å². The Morgan fingerprint density at radius 2 is 2.08 bits per heavy atom. The van der Waals surface area contributed by atoms with E-state index in [2.05, 4.69) is 20.9 Å². The lowest BCUT2D eigenvalue weighted by Crippen LogP contribution is -2.21. The number of aryl methyl sites for hydroxylation is 1. The number of hydrogen-bond acceptors (Lipinski definition) is 4. The Hall–Kier alpha value is -2.86. The smallest absolute Gasteiger partial charge is 0.261 e. The van der Waals surface area contributed by atoms with Gasteiger partial charge in [0.1, 0.15) is 24.1 Å². The van der Waals surface area contributed by atoms with Crippen LogP contribution in [0.4, 0.5) is 13.2 Å². The molecule has 0 saturated heterocycles. The zero-order valence-corrected chi connectivity index (χ0v) is 14.6. The zero-order chi connectivity index (χ0) is 18.8. The summed E-state index contributed by atoms with van der Waals surface area (Å²) in [5, 5.41) is 9.27.